The Kier molecular flexibility index (Phi) is 4.20. The van der Waals surface area contributed by atoms with Crippen LogP contribution in [0, 0.1) is 25.2 Å². The molecule has 86 valence electrons. The summed E-state index contributed by atoms with van der Waals surface area (Å²) in [6, 6.07) is 2.10. The lowest BCUT2D eigenvalue weighted by atomic mass is 10.1. The molecule has 1 aromatic heterocycles. The average Bonchev–Trinajstić information content (AvgIpc) is 2.30. The number of nitrogens with one attached hydrogen (secondary N) is 1. The maximum Gasteiger partial charge on any atom is 0.167 e. The number of hydrogen-bond donors (Lipinski definition) is 2. The van der Waals surface area contributed by atoms with Crippen LogP contribution in [0.3, 0.4) is 0 Å². The van der Waals surface area contributed by atoms with Crippen LogP contribution in [0.1, 0.15) is 30.2 Å². The number of hydrogen-bond acceptors (Lipinski definition) is 5. The summed E-state index contributed by atoms with van der Waals surface area (Å²) in [6.45, 7) is 5.92. The van der Waals surface area contributed by atoms with Gasteiger partial charge in [0.15, 0.2) is 5.82 Å². The summed E-state index contributed by atoms with van der Waals surface area (Å²) in [5, 5.41) is 29.2. The third-order valence-corrected chi connectivity index (χ3v) is 2.54. The quantitative estimate of drug-likeness (QED) is 0.795. The van der Waals surface area contributed by atoms with E-state index in [1.807, 2.05) is 20.8 Å². The lowest BCUT2D eigenvalue weighted by Crippen LogP contribution is -2.20. The molecule has 0 aliphatic heterocycles. The largest absolute Gasteiger partial charge is 0.391 e. The Morgan fingerprint density at radius 2 is 2.12 bits per heavy atom. The summed E-state index contributed by atoms with van der Waals surface area (Å²) in [4.78, 5) is 0. The maximum atomic E-state index is 9.41. The minimum atomic E-state index is -0.435. The summed E-state index contributed by atoms with van der Waals surface area (Å²) in [5.74, 6) is 0.443. The van der Waals surface area contributed by atoms with Crippen LogP contribution in [0.2, 0.25) is 0 Å². The highest BCUT2D eigenvalue weighted by molar-refractivity contribution is 5.55. The highest BCUT2D eigenvalue weighted by Crippen LogP contribution is 2.16. The Morgan fingerprint density at radius 1 is 1.44 bits per heavy atom. The van der Waals surface area contributed by atoms with Crippen molar-refractivity contribution in [2.45, 2.75) is 33.3 Å². The van der Waals surface area contributed by atoms with Gasteiger partial charge in [0.05, 0.1) is 11.8 Å². The van der Waals surface area contributed by atoms with Gasteiger partial charge in [-0.2, -0.15) is 10.4 Å². The molecule has 1 rings (SSSR count). The summed E-state index contributed by atoms with van der Waals surface area (Å²) in [7, 11) is 0. The fourth-order valence-corrected chi connectivity index (χ4v) is 1.23. The van der Waals surface area contributed by atoms with Crippen LogP contribution >= 0.6 is 0 Å². The molecule has 0 aliphatic carbocycles. The Hall–Kier alpha value is -1.67. The number of rotatable bonds is 4. The molecule has 0 amide bonds. The van der Waals surface area contributed by atoms with Crippen LogP contribution in [0.5, 0.6) is 0 Å². The highest BCUT2D eigenvalue weighted by Gasteiger charge is 2.11. The lowest BCUT2D eigenvalue weighted by Gasteiger charge is -2.12. The molecule has 5 heteroatoms. The monoisotopic (exact) mass is 220 g/mol. The first-order valence-corrected chi connectivity index (χ1v) is 5.26. The van der Waals surface area contributed by atoms with Crippen LogP contribution in [0.25, 0.3) is 0 Å². The fraction of sp³-hybridized carbons (Fsp3) is 0.545. The molecule has 0 aromatic carbocycles. The standard InChI is InChI=1S/C11H16N4O/c1-4-9(16)6-13-11-10(5-12)7(2)8(3)14-15-11/h9,16H,4,6H2,1-3H3,(H,13,15). The molecule has 0 aliphatic rings. The molecule has 0 saturated carbocycles. The van der Waals surface area contributed by atoms with Gasteiger partial charge < -0.3 is 10.4 Å². The number of anilines is 1. The smallest absolute Gasteiger partial charge is 0.167 e. The molecule has 0 spiro atoms. The van der Waals surface area contributed by atoms with E-state index in [1.165, 1.54) is 0 Å². The molecule has 1 atom stereocenters. The Balaban J connectivity index is 2.89. The Bertz CT molecular complexity index is 411. The highest BCUT2D eigenvalue weighted by atomic mass is 16.3. The van der Waals surface area contributed by atoms with Gasteiger partial charge in [-0.25, -0.2) is 0 Å². The normalized spacial score (nSPS) is 11.9. The van der Waals surface area contributed by atoms with Gasteiger partial charge in [0.1, 0.15) is 11.6 Å². The van der Waals surface area contributed by atoms with Crippen molar-refractivity contribution in [3.63, 3.8) is 0 Å². The van der Waals surface area contributed by atoms with Gasteiger partial charge in [-0.05, 0) is 25.8 Å². The predicted molar refractivity (Wildman–Crippen MR) is 61.0 cm³/mol. The number of nitriles is 1. The number of aryl methyl sites for hydroxylation is 1. The summed E-state index contributed by atoms with van der Waals surface area (Å²) < 4.78 is 0. The van der Waals surface area contributed by atoms with E-state index in [9.17, 15) is 5.11 Å². The van der Waals surface area contributed by atoms with Crippen LogP contribution in [0.15, 0.2) is 0 Å². The number of nitrogens with zero attached hydrogens (tertiary/aromatic N) is 3. The lowest BCUT2D eigenvalue weighted by molar-refractivity contribution is 0.183. The van der Waals surface area contributed by atoms with Crippen molar-refractivity contribution < 1.29 is 5.11 Å². The van der Waals surface area contributed by atoms with Gasteiger partial charge >= 0.3 is 0 Å². The van der Waals surface area contributed by atoms with E-state index in [4.69, 9.17) is 5.26 Å². The second-order valence-corrected chi connectivity index (χ2v) is 3.69. The minimum absolute atomic E-state index is 0.377. The van der Waals surface area contributed by atoms with Crippen LogP contribution in [-0.2, 0) is 0 Å². The van der Waals surface area contributed by atoms with Gasteiger partial charge in [-0.1, -0.05) is 6.92 Å². The molecular formula is C11H16N4O. The average molecular weight is 220 g/mol. The van der Waals surface area contributed by atoms with E-state index < -0.39 is 6.10 Å². The van der Waals surface area contributed by atoms with Gasteiger partial charge in [-0.15, -0.1) is 5.10 Å². The molecule has 1 unspecified atom stereocenters. The van der Waals surface area contributed by atoms with E-state index in [1.54, 1.807) is 0 Å². The summed E-state index contributed by atoms with van der Waals surface area (Å²) in [5.41, 5.74) is 2.07. The molecule has 0 fully saturated rings. The van der Waals surface area contributed by atoms with E-state index in [0.717, 1.165) is 11.3 Å². The first-order valence-electron chi connectivity index (χ1n) is 5.26. The first kappa shape index (κ1) is 12.4. The van der Waals surface area contributed by atoms with Crippen molar-refractivity contribution in [3.8, 4) is 6.07 Å². The predicted octanol–water partition coefficient (Wildman–Crippen LogP) is 1.15. The molecule has 0 bridgehead atoms. The maximum absolute atomic E-state index is 9.41. The third kappa shape index (κ3) is 2.67. The first-order chi connectivity index (χ1) is 7.60. The van der Waals surface area contributed by atoms with Crippen LogP contribution in [0.4, 0.5) is 5.82 Å². The number of aliphatic hydroxyl groups excluding tert-OH is 1. The van der Waals surface area contributed by atoms with Gasteiger partial charge in [0, 0.05) is 6.54 Å². The SMILES string of the molecule is CCC(O)CNc1nnc(C)c(C)c1C#N. The van der Waals surface area contributed by atoms with Crippen molar-refractivity contribution in [1.29, 1.82) is 5.26 Å². The second kappa shape index (κ2) is 5.42. The van der Waals surface area contributed by atoms with Crippen LogP contribution in [-0.4, -0.2) is 28.0 Å². The third-order valence-electron chi connectivity index (χ3n) is 2.54. The molecule has 1 heterocycles. The van der Waals surface area contributed by atoms with Crippen LogP contribution < -0.4 is 5.32 Å². The molecule has 1 aromatic rings. The van der Waals surface area contributed by atoms with Crippen molar-refractivity contribution in [3.05, 3.63) is 16.8 Å². The zero-order valence-corrected chi connectivity index (χ0v) is 9.78. The zero-order chi connectivity index (χ0) is 12.1. The van der Waals surface area contributed by atoms with Crippen molar-refractivity contribution in [2.24, 2.45) is 0 Å². The Labute approximate surface area is 95.1 Å². The topological polar surface area (TPSA) is 81.8 Å². The van der Waals surface area contributed by atoms with Crippen molar-refractivity contribution in [1.82, 2.24) is 10.2 Å². The Morgan fingerprint density at radius 3 is 2.69 bits per heavy atom. The van der Waals surface area contributed by atoms with E-state index in [-0.39, 0.29) is 0 Å². The molecule has 2 N–H and O–H groups in total. The second-order valence-electron chi connectivity index (χ2n) is 3.69. The zero-order valence-electron chi connectivity index (χ0n) is 9.78. The molecule has 0 saturated heterocycles. The molecule has 0 radical (unpaired) electrons. The van der Waals surface area contributed by atoms with Gasteiger partial charge in [0.2, 0.25) is 0 Å². The van der Waals surface area contributed by atoms with E-state index in [2.05, 4.69) is 21.6 Å². The molecular weight excluding hydrogens is 204 g/mol. The van der Waals surface area contributed by atoms with Crippen molar-refractivity contribution in [2.75, 3.05) is 11.9 Å². The van der Waals surface area contributed by atoms with E-state index >= 15 is 0 Å². The fourth-order valence-electron chi connectivity index (χ4n) is 1.23. The number of aromatic nitrogens is 2. The van der Waals surface area contributed by atoms with E-state index in [0.29, 0.717) is 24.3 Å². The molecule has 5 nitrogen and oxygen atoms in total. The van der Waals surface area contributed by atoms with Crippen molar-refractivity contribution >= 4 is 5.82 Å². The molecule has 16 heavy (non-hydrogen) atoms. The summed E-state index contributed by atoms with van der Waals surface area (Å²) in [6.07, 6.45) is 0.225. The van der Waals surface area contributed by atoms with Gasteiger partial charge in [-0.3, -0.25) is 0 Å². The summed E-state index contributed by atoms with van der Waals surface area (Å²) >= 11 is 0. The van der Waals surface area contributed by atoms with Gasteiger partial charge in [0.25, 0.3) is 0 Å². The number of aliphatic hydroxyl groups is 1. The minimum Gasteiger partial charge on any atom is -0.391 e.